The third-order valence-electron chi connectivity index (χ3n) is 4.09. The van der Waals surface area contributed by atoms with Gasteiger partial charge in [-0.3, -0.25) is 9.59 Å². The first-order chi connectivity index (χ1) is 11.0. The number of carbonyl (C=O) groups is 2. The van der Waals surface area contributed by atoms with Gasteiger partial charge in [0.25, 0.3) is 0 Å². The van der Waals surface area contributed by atoms with Crippen LogP contribution < -0.4 is 4.74 Å². The highest BCUT2D eigenvalue weighted by Crippen LogP contribution is 2.20. The van der Waals surface area contributed by atoms with Crippen molar-refractivity contribution in [2.45, 2.75) is 38.6 Å². The van der Waals surface area contributed by atoms with Crippen molar-refractivity contribution in [3.05, 3.63) is 29.8 Å². The third-order valence-corrected chi connectivity index (χ3v) is 4.09. The number of benzene rings is 1. The minimum Gasteiger partial charge on any atom is -0.494 e. The summed E-state index contributed by atoms with van der Waals surface area (Å²) < 4.78 is 5.67. The van der Waals surface area contributed by atoms with Crippen LogP contribution in [-0.4, -0.2) is 54.9 Å². The Bertz CT molecular complexity index is 557. The standard InChI is InChI=1S/C18H26N2O3/c1-14-7-4-8-15(13-14)23-12-6-10-17(21)20-11-5-9-16(20)18(22)19(2)3/h4,7-8,13,16H,5-6,9-12H2,1-3H3. The lowest BCUT2D eigenvalue weighted by atomic mass is 10.2. The van der Waals surface area contributed by atoms with E-state index in [1.54, 1.807) is 23.9 Å². The van der Waals surface area contributed by atoms with Gasteiger partial charge in [-0.2, -0.15) is 0 Å². The summed E-state index contributed by atoms with van der Waals surface area (Å²) in [5.41, 5.74) is 1.15. The Morgan fingerprint density at radius 3 is 2.83 bits per heavy atom. The zero-order chi connectivity index (χ0) is 16.8. The largest absolute Gasteiger partial charge is 0.494 e. The molecule has 0 spiro atoms. The van der Waals surface area contributed by atoms with Gasteiger partial charge in [-0.05, 0) is 43.9 Å². The Hall–Kier alpha value is -2.04. The van der Waals surface area contributed by atoms with E-state index in [0.717, 1.165) is 24.2 Å². The predicted molar refractivity (Wildman–Crippen MR) is 89.3 cm³/mol. The van der Waals surface area contributed by atoms with Crippen molar-refractivity contribution >= 4 is 11.8 Å². The van der Waals surface area contributed by atoms with Gasteiger partial charge in [0.1, 0.15) is 11.8 Å². The van der Waals surface area contributed by atoms with E-state index in [2.05, 4.69) is 0 Å². The normalized spacial score (nSPS) is 17.2. The smallest absolute Gasteiger partial charge is 0.244 e. The number of nitrogens with zero attached hydrogens (tertiary/aromatic N) is 2. The van der Waals surface area contributed by atoms with Crippen LogP contribution in [0.2, 0.25) is 0 Å². The number of likely N-dealkylation sites (tertiary alicyclic amines) is 1. The molecule has 1 aliphatic heterocycles. The zero-order valence-electron chi connectivity index (χ0n) is 14.2. The first-order valence-corrected chi connectivity index (χ1v) is 8.19. The fraction of sp³-hybridized carbons (Fsp3) is 0.556. The molecule has 5 heteroatoms. The number of likely N-dealkylation sites (N-methyl/N-ethyl adjacent to an activating group) is 1. The van der Waals surface area contributed by atoms with E-state index < -0.39 is 0 Å². The Kier molecular flexibility index (Phi) is 6.02. The quantitative estimate of drug-likeness (QED) is 0.756. The lowest BCUT2D eigenvalue weighted by Crippen LogP contribution is -2.45. The van der Waals surface area contributed by atoms with Crippen molar-refractivity contribution in [2.75, 3.05) is 27.2 Å². The number of hydrogen-bond acceptors (Lipinski definition) is 3. The summed E-state index contributed by atoms with van der Waals surface area (Å²) in [4.78, 5) is 27.8. The number of rotatable bonds is 6. The van der Waals surface area contributed by atoms with E-state index in [9.17, 15) is 9.59 Å². The van der Waals surface area contributed by atoms with Crippen molar-refractivity contribution in [3.8, 4) is 5.75 Å². The Morgan fingerprint density at radius 1 is 1.35 bits per heavy atom. The highest BCUT2D eigenvalue weighted by Gasteiger charge is 2.34. The van der Waals surface area contributed by atoms with Crippen molar-refractivity contribution < 1.29 is 14.3 Å². The van der Waals surface area contributed by atoms with Crippen molar-refractivity contribution in [2.24, 2.45) is 0 Å². The summed E-state index contributed by atoms with van der Waals surface area (Å²) in [6.45, 7) is 3.21. The number of hydrogen-bond donors (Lipinski definition) is 0. The van der Waals surface area contributed by atoms with E-state index in [1.165, 1.54) is 0 Å². The molecule has 1 aromatic carbocycles. The molecule has 1 aliphatic rings. The maximum absolute atomic E-state index is 12.3. The first-order valence-electron chi connectivity index (χ1n) is 8.19. The van der Waals surface area contributed by atoms with E-state index >= 15 is 0 Å². The molecule has 0 aliphatic carbocycles. The molecule has 0 saturated carbocycles. The Labute approximate surface area is 138 Å². The minimum atomic E-state index is -0.282. The number of aryl methyl sites for hydroxylation is 1. The average Bonchev–Trinajstić information content (AvgIpc) is 3.00. The monoisotopic (exact) mass is 318 g/mol. The highest BCUT2D eigenvalue weighted by molar-refractivity contribution is 5.88. The van der Waals surface area contributed by atoms with Gasteiger partial charge in [-0.25, -0.2) is 0 Å². The molecule has 5 nitrogen and oxygen atoms in total. The minimum absolute atomic E-state index is 0.0202. The van der Waals surface area contributed by atoms with Crippen LogP contribution in [0.4, 0.5) is 0 Å². The molecule has 1 aromatic rings. The number of ether oxygens (including phenoxy) is 1. The second kappa shape index (κ2) is 7.99. The fourth-order valence-electron chi connectivity index (χ4n) is 2.88. The molecule has 0 radical (unpaired) electrons. The Balaban J connectivity index is 1.77. The van der Waals surface area contributed by atoms with Gasteiger partial charge in [0.2, 0.25) is 11.8 Å². The van der Waals surface area contributed by atoms with Gasteiger partial charge in [0, 0.05) is 27.1 Å². The van der Waals surface area contributed by atoms with Crippen LogP contribution in [0.3, 0.4) is 0 Å². The maximum atomic E-state index is 12.3. The summed E-state index contributed by atoms with van der Waals surface area (Å²) in [6, 6.07) is 7.59. The van der Waals surface area contributed by atoms with Crippen LogP contribution in [0.25, 0.3) is 0 Å². The lowest BCUT2D eigenvalue weighted by molar-refractivity contribution is -0.142. The SMILES string of the molecule is Cc1cccc(OCCCC(=O)N2CCCC2C(=O)N(C)C)c1. The highest BCUT2D eigenvalue weighted by atomic mass is 16.5. The van der Waals surface area contributed by atoms with Crippen molar-refractivity contribution in [1.82, 2.24) is 9.80 Å². The zero-order valence-corrected chi connectivity index (χ0v) is 14.2. The molecule has 1 atom stereocenters. The second-order valence-corrected chi connectivity index (χ2v) is 6.25. The molecule has 126 valence electrons. The van der Waals surface area contributed by atoms with Crippen LogP contribution in [0.1, 0.15) is 31.2 Å². The molecule has 0 aromatic heterocycles. The topological polar surface area (TPSA) is 49.9 Å². The van der Waals surface area contributed by atoms with Crippen LogP contribution >= 0.6 is 0 Å². The number of amides is 2. The molecular formula is C18H26N2O3. The van der Waals surface area contributed by atoms with Gasteiger partial charge in [-0.1, -0.05) is 12.1 Å². The van der Waals surface area contributed by atoms with Crippen LogP contribution in [0, 0.1) is 6.92 Å². The summed E-state index contributed by atoms with van der Waals surface area (Å²) >= 11 is 0. The average molecular weight is 318 g/mol. The van der Waals surface area contributed by atoms with Gasteiger partial charge in [0.05, 0.1) is 6.61 Å². The summed E-state index contributed by atoms with van der Waals surface area (Å²) in [6.07, 6.45) is 2.74. The molecule has 1 fully saturated rings. The van der Waals surface area contributed by atoms with E-state index in [4.69, 9.17) is 4.74 Å². The summed E-state index contributed by atoms with van der Waals surface area (Å²) in [5.74, 6) is 0.904. The summed E-state index contributed by atoms with van der Waals surface area (Å²) in [5, 5.41) is 0. The van der Waals surface area contributed by atoms with E-state index in [1.807, 2.05) is 31.2 Å². The molecule has 1 heterocycles. The molecular weight excluding hydrogens is 292 g/mol. The van der Waals surface area contributed by atoms with E-state index in [0.29, 0.717) is 26.0 Å². The molecule has 23 heavy (non-hydrogen) atoms. The van der Waals surface area contributed by atoms with Crippen LogP contribution in [0.5, 0.6) is 5.75 Å². The molecule has 0 N–H and O–H groups in total. The molecule has 1 saturated heterocycles. The molecule has 2 amide bonds. The number of carbonyl (C=O) groups excluding carboxylic acids is 2. The lowest BCUT2D eigenvalue weighted by Gasteiger charge is -2.26. The third kappa shape index (κ3) is 4.71. The van der Waals surface area contributed by atoms with Crippen molar-refractivity contribution in [3.63, 3.8) is 0 Å². The summed E-state index contributed by atoms with van der Waals surface area (Å²) in [7, 11) is 3.47. The van der Waals surface area contributed by atoms with Gasteiger partial charge >= 0.3 is 0 Å². The second-order valence-electron chi connectivity index (χ2n) is 6.25. The van der Waals surface area contributed by atoms with Gasteiger partial charge < -0.3 is 14.5 Å². The fourth-order valence-corrected chi connectivity index (χ4v) is 2.88. The van der Waals surface area contributed by atoms with E-state index in [-0.39, 0.29) is 17.9 Å². The van der Waals surface area contributed by atoms with Crippen LogP contribution in [0.15, 0.2) is 24.3 Å². The molecule has 0 bridgehead atoms. The van der Waals surface area contributed by atoms with Gasteiger partial charge in [-0.15, -0.1) is 0 Å². The molecule has 2 rings (SSSR count). The van der Waals surface area contributed by atoms with Crippen LogP contribution in [-0.2, 0) is 9.59 Å². The Morgan fingerprint density at radius 2 is 2.13 bits per heavy atom. The van der Waals surface area contributed by atoms with Gasteiger partial charge in [0.15, 0.2) is 0 Å². The predicted octanol–water partition coefficient (Wildman–Crippen LogP) is 2.23. The van der Waals surface area contributed by atoms with Crippen molar-refractivity contribution in [1.29, 1.82) is 0 Å². The molecule has 1 unspecified atom stereocenters. The first kappa shape index (κ1) is 17.3. The maximum Gasteiger partial charge on any atom is 0.244 e.